The summed E-state index contributed by atoms with van der Waals surface area (Å²) in [5, 5.41) is 0. The number of hydrogen-bond donors (Lipinski definition) is 0. The summed E-state index contributed by atoms with van der Waals surface area (Å²) in [5.74, 6) is 0. The summed E-state index contributed by atoms with van der Waals surface area (Å²) < 4.78 is 0. The van der Waals surface area contributed by atoms with Gasteiger partial charge in [-0.2, -0.15) is 0 Å². The number of carbonyl (C=O) groups is 4. The molecule has 0 heterocycles. The molecule has 0 aliphatic heterocycles. The predicted molar refractivity (Wildman–Crippen MR) is 39.1 cm³/mol. The van der Waals surface area contributed by atoms with Crippen LogP contribution in [0.15, 0.2) is 0 Å². The fraction of sp³-hybridized carbons (Fsp3) is 0.429. The van der Waals surface area contributed by atoms with Gasteiger partial charge in [-0.15, -0.1) is 0 Å². The van der Waals surface area contributed by atoms with Crippen LogP contribution in [0.5, 0.6) is 0 Å². The number of imide groups is 1. The Morgan fingerprint density at radius 3 is 2.00 bits per heavy atom. The molecule has 5 nitrogen and oxygen atoms in total. The number of rotatable bonds is 7. The van der Waals surface area contributed by atoms with Crippen LogP contribution in [0.1, 0.15) is 12.8 Å². The van der Waals surface area contributed by atoms with E-state index in [4.69, 9.17) is 0 Å². The van der Waals surface area contributed by atoms with Crippen LogP contribution in [-0.2, 0) is 19.2 Å². The molecule has 1 atom stereocenters. The summed E-state index contributed by atoms with van der Waals surface area (Å²) in [5.41, 5.74) is 0. The van der Waals surface area contributed by atoms with Crippen molar-refractivity contribution in [1.29, 1.82) is 0 Å². The number of nitrogens with zero attached hydrogens (tertiary/aromatic N) is 1. The van der Waals surface area contributed by atoms with Crippen molar-refractivity contribution >= 4 is 25.4 Å². The molecule has 0 bridgehead atoms. The molecule has 0 aromatic rings. The Balaban J connectivity index is 4.09. The molecule has 0 spiro atoms. The van der Waals surface area contributed by atoms with E-state index in [0.717, 1.165) is 0 Å². The third-order valence-electron chi connectivity index (χ3n) is 1.36. The van der Waals surface area contributed by atoms with E-state index in [1.165, 1.54) is 0 Å². The van der Waals surface area contributed by atoms with Crippen LogP contribution in [-0.4, -0.2) is 36.3 Å². The first-order valence-corrected chi connectivity index (χ1v) is 3.37. The molecule has 2 amide bonds. The standard InChI is InChI=1S/C7H9NO4/c9-3-1-2-7(4-10)8(5-11)6-12/h3-7H,1-2H2. The highest BCUT2D eigenvalue weighted by molar-refractivity contribution is 5.76. The number of aldehydes is 2. The molecule has 1 unspecified atom stereocenters. The van der Waals surface area contributed by atoms with Gasteiger partial charge in [0.25, 0.3) is 0 Å². The lowest BCUT2D eigenvalue weighted by Crippen LogP contribution is -2.34. The van der Waals surface area contributed by atoms with Crippen LogP contribution in [0, 0.1) is 0 Å². The maximum absolute atomic E-state index is 10.3. The Morgan fingerprint density at radius 2 is 1.67 bits per heavy atom. The zero-order valence-corrected chi connectivity index (χ0v) is 6.38. The van der Waals surface area contributed by atoms with Gasteiger partial charge in [-0.05, 0) is 6.42 Å². The highest BCUT2D eigenvalue weighted by Gasteiger charge is 2.13. The molecule has 0 aromatic heterocycles. The fourth-order valence-electron chi connectivity index (χ4n) is 0.707. The Hall–Kier alpha value is -1.52. The highest BCUT2D eigenvalue weighted by atomic mass is 16.2. The van der Waals surface area contributed by atoms with Crippen molar-refractivity contribution in [2.45, 2.75) is 18.9 Å². The van der Waals surface area contributed by atoms with Crippen LogP contribution in [0.2, 0.25) is 0 Å². The lowest BCUT2D eigenvalue weighted by atomic mass is 10.2. The Kier molecular flexibility index (Phi) is 5.42. The van der Waals surface area contributed by atoms with E-state index in [1.54, 1.807) is 0 Å². The lowest BCUT2D eigenvalue weighted by molar-refractivity contribution is -0.135. The third kappa shape index (κ3) is 3.05. The summed E-state index contributed by atoms with van der Waals surface area (Å²) in [7, 11) is 0. The molecule has 66 valence electrons. The van der Waals surface area contributed by atoms with Gasteiger partial charge in [0.2, 0.25) is 12.8 Å². The van der Waals surface area contributed by atoms with E-state index < -0.39 is 6.04 Å². The van der Waals surface area contributed by atoms with Crippen molar-refractivity contribution in [2.75, 3.05) is 0 Å². The molecule has 0 saturated carbocycles. The predicted octanol–water partition coefficient (Wildman–Crippen LogP) is -0.852. The van der Waals surface area contributed by atoms with Crippen LogP contribution < -0.4 is 0 Å². The van der Waals surface area contributed by atoms with E-state index in [1.807, 2.05) is 0 Å². The largest absolute Gasteiger partial charge is 0.303 e. The minimum atomic E-state index is -0.815. The van der Waals surface area contributed by atoms with Crippen molar-refractivity contribution in [3.63, 3.8) is 0 Å². The molecule has 0 rings (SSSR count). The second-order valence-electron chi connectivity index (χ2n) is 2.11. The third-order valence-corrected chi connectivity index (χ3v) is 1.36. The SMILES string of the molecule is O=CCCC(C=O)N(C=O)C=O. The van der Waals surface area contributed by atoms with Gasteiger partial charge in [0.1, 0.15) is 12.6 Å². The summed E-state index contributed by atoms with van der Waals surface area (Å²) >= 11 is 0. The average molecular weight is 171 g/mol. The zero-order valence-electron chi connectivity index (χ0n) is 6.38. The fourth-order valence-corrected chi connectivity index (χ4v) is 0.707. The average Bonchev–Trinajstić information content (AvgIpc) is 2.12. The lowest BCUT2D eigenvalue weighted by Gasteiger charge is -2.15. The normalized spacial score (nSPS) is 11.3. The van der Waals surface area contributed by atoms with E-state index in [-0.39, 0.29) is 25.7 Å². The second kappa shape index (κ2) is 6.21. The van der Waals surface area contributed by atoms with Gasteiger partial charge in [0.05, 0.1) is 6.04 Å². The minimum absolute atomic E-state index is 0.154. The van der Waals surface area contributed by atoms with Crippen LogP contribution in [0.4, 0.5) is 0 Å². The molecule has 0 fully saturated rings. The molecule has 0 radical (unpaired) electrons. The van der Waals surface area contributed by atoms with Crippen LogP contribution in [0.25, 0.3) is 0 Å². The van der Waals surface area contributed by atoms with E-state index in [2.05, 4.69) is 0 Å². The van der Waals surface area contributed by atoms with Gasteiger partial charge in [-0.3, -0.25) is 14.5 Å². The topological polar surface area (TPSA) is 71.5 Å². The molecular formula is C7H9NO4. The Morgan fingerprint density at radius 1 is 1.08 bits per heavy atom. The van der Waals surface area contributed by atoms with Crippen molar-refractivity contribution in [3.8, 4) is 0 Å². The maximum atomic E-state index is 10.3. The van der Waals surface area contributed by atoms with Crippen molar-refractivity contribution < 1.29 is 19.2 Å². The Labute approximate surface area is 69.3 Å². The van der Waals surface area contributed by atoms with E-state index in [0.29, 0.717) is 17.5 Å². The molecule has 0 aliphatic rings. The Bertz CT molecular complexity index is 172. The quantitative estimate of drug-likeness (QED) is 0.467. The molecule has 5 heteroatoms. The van der Waals surface area contributed by atoms with Gasteiger partial charge in [-0.25, -0.2) is 0 Å². The molecule has 0 N–H and O–H groups in total. The molecule has 0 aromatic carbocycles. The monoisotopic (exact) mass is 171 g/mol. The van der Waals surface area contributed by atoms with Gasteiger partial charge in [-0.1, -0.05) is 0 Å². The summed E-state index contributed by atoms with van der Waals surface area (Å²) in [6.45, 7) is 0. The summed E-state index contributed by atoms with van der Waals surface area (Å²) in [6.07, 6.45) is 1.95. The molecular weight excluding hydrogens is 162 g/mol. The van der Waals surface area contributed by atoms with Crippen molar-refractivity contribution in [1.82, 2.24) is 4.90 Å². The van der Waals surface area contributed by atoms with Gasteiger partial charge >= 0.3 is 0 Å². The van der Waals surface area contributed by atoms with Crippen molar-refractivity contribution in [3.05, 3.63) is 0 Å². The van der Waals surface area contributed by atoms with Gasteiger partial charge < -0.3 is 9.59 Å². The number of hydrogen-bond acceptors (Lipinski definition) is 4. The second-order valence-corrected chi connectivity index (χ2v) is 2.11. The summed E-state index contributed by atoms with van der Waals surface area (Å²) in [4.78, 5) is 41.2. The molecule has 0 aliphatic carbocycles. The highest BCUT2D eigenvalue weighted by Crippen LogP contribution is 1.98. The minimum Gasteiger partial charge on any atom is -0.303 e. The first kappa shape index (κ1) is 10.5. The number of carbonyl (C=O) groups excluding carboxylic acids is 4. The van der Waals surface area contributed by atoms with E-state index >= 15 is 0 Å². The summed E-state index contributed by atoms with van der Waals surface area (Å²) in [6, 6.07) is -0.815. The van der Waals surface area contributed by atoms with E-state index in [9.17, 15) is 19.2 Å². The van der Waals surface area contributed by atoms with Gasteiger partial charge in [0.15, 0.2) is 0 Å². The van der Waals surface area contributed by atoms with Gasteiger partial charge in [0, 0.05) is 6.42 Å². The first-order valence-electron chi connectivity index (χ1n) is 3.37. The molecule has 0 saturated heterocycles. The first-order chi connectivity index (χ1) is 5.79. The molecule has 12 heavy (non-hydrogen) atoms. The number of amides is 2. The van der Waals surface area contributed by atoms with Crippen LogP contribution in [0.3, 0.4) is 0 Å². The zero-order chi connectivity index (χ0) is 9.40. The van der Waals surface area contributed by atoms with Crippen molar-refractivity contribution in [2.24, 2.45) is 0 Å². The maximum Gasteiger partial charge on any atom is 0.216 e. The van der Waals surface area contributed by atoms with Crippen LogP contribution >= 0.6 is 0 Å². The smallest absolute Gasteiger partial charge is 0.216 e.